The van der Waals surface area contributed by atoms with Crippen molar-refractivity contribution in [2.75, 3.05) is 18.6 Å². The number of hydrogen-bond acceptors (Lipinski definition) is 3. The number of carbonyl (C=O) groups excluding carboxylic acids is 1. The third-order valence-corrected chi connectivity index (χ3v) is 3.53. The van der Waals surface area contributed by atoms with Gasteiger partial charge in [-0.2, -0.15) is 11.8 Å². The van der Waals surface area contributed by atoms with Crippen molar-refractivity contribution in [3.63, 3.8) is 0 Å². The highest BCUT2D eigenvalue weighted by atomic mass is 32.2. The van der Waals surface area contributed by atoms with Gasteiger partial charge in [-0.25, -0.2) is 0 Å². The quantitative estimate of drug-likeness (QED) is 0.696. The van der Waals surface area contributed by atoms with E-state index in [4.69, 9.17) is 0 Å². The summed E-state index contributed by atoms with van der Waals surface area (Å²) in [4.78, 5) is 11.4. The van der Waals surface area contributed by atoms with E-state index in [2.05, 4.69) is 24.5 Å². The molecule has 0 unspecified atom stereocenters. The second-order valence-electron chi connectivity index (χ2n) is 3.74. The molecule has 1 saturated heterocycles. The number of nitrogens with one attached hydrogen (secondary N) is 2. The molecule has 1 fully saturated rings. The minimum absolute atomic E-state index is 0.0316. The zero-order chi connectivity index (χ0) is 9.84. The first kappa shape index (κ1) is 10.9. The fourth-order valence-corrected chi connectivity index (χ4v) is 1.98. The minimum atomic E-state index is -0.0316. The van der Waals surface area contributed by atoms with Crippen LogP contribution in [0.4, 0.5) is 0 Å². The van der Waals surface area contributed by atoms with Crippen molar-refractivity contribution in [1.82, 2.24) is 10.6 Å². The van der Waals surface area contributed by atoms with Crippen molar-refractivity contribution in [3.8, 4) is 0 Å². The molecule has 0 aliphatic carbocycles. The summed E-state index contributed by atoms with van der Waals surface area (Å²) in [6.45, 7) is 4.14. The number of amides is 1. The maximum absolute atomic E-state index is 11.4. The minimum Gasteiger partial charge on any atom is -0.358 e. The molecule has 0 aromatic rings. The molecule has 1 aliphatic rings. The van der Waals surface area contributed by atoms with Gasteiger partial charge in [0, 0.05) is 24.6 Å². The molecule has 0 radical (unpaired) electrons. The van der Waals surface area contributed by atoms with E-state index in [1.54, 1.807) is 7.05 Å². The van der Waals surface area contributed by atoms with Gasteiger partial charge in [0.05, 0.1) is 6.04 Å². The smallest absolute Gasteiger partial charge is 0.237 e. The predicted molar refractivity (Wildman–Crippen MR) is 56.9 cm³/mol. The molecule has 1 heterocycles. The predicted octanol–water partition coefficient (Wildman–Crippen LogP) is 0.462. The van der Waals surface area contributed by atoms with Gasteiger partial charge in [0.1, 0.15) is 0 Å². The topological polar surface area (TPSA) is 41.1 Å². The van der Waals surface area contributed by atoms with Gasteiger partial charge in [-0.15, -0.1) is 0 Å². The second kappa shape index (κ2) is 4.86. The van der Waals surface area contributed by atoms with Crippen LogP contribution < -0.4 is 10.6 Å². The van der Waals surface area contributed by atoms with Gasteiger partial charge in [0.2, 0.25) is 5.91 Å². The molecule has 0 aromatic heterocycles. The van der Waals surface area contributed by atoms with E-state index in [0.29, 0.717) is 12.0 Å². The number of hydrogen-bond donors (Lipinski definition) is 2. The number of likely N-dealkylation sites (N-methyl/N-ethyl adjacent to an activating group) is 1. The van der Waals surface area contributed by atoms with E-state index in [-0.39, 0.29) is 11.9 Å². The van der Waals surface area contributed by atoms with Crippen LogP contribution in [0.5, 0.6) is 0 Å². The summed E-state index contributed by atoms with van der Waals surface area (Å²) in [6, 6.07) is 0.505. The van der Waals surface area contributed by atoms with Gasteiger partial charge in [0.25, 0.3) is 0 Å². The molecule has 1 amide bonds. The zero-order valence-electron chi connectivity index (χ0n) is 8.46. The van der Waals surface area contributed by atoms with Gasteiger partial charge in [0.15, 0.2) is 0 Å². The van der Waals surface area contributed by atoms with E-state index in [9.17, 15) is 4.79 Å². The van der Waals surface area contributed by atoms with E-state index in [1.165, 1.54) is 0 Å². The first-order valence-corrected chi connectivity index (χ1v) is 5.86. The molecule has 1 atom stereocenters. The Hall–Kier alpha value is -0.220. The normalized spacial score (nSPS) is 19.7. The maximum atomic E-state index is 11.4. The highest BCUT2D eigenvalue weighted by Crippen LogP contribution is 2.18. The molecule has 1 aliphatic heterocycles. The summed E-state index contributed by atoms with van der Waals surface area (Å²) in [5.41, 5.74) is 0. The second-order valence-corrected chi connectivity index (χ2v) is 4.81. The van der Waals surface area contributed by atoms with Crippen LogP contribution in [0.1, 0.15) is 13.8 Å². The van der Waals surface area contributed by atoms with Gasteiger partial charge < -0.3 is 10.6 Å². The van der Waals surface area contributed by atoms with Crippen molar-refractivity contribution < 1.29 is 4.79 Å². The Kier molecular flexibility index (Phi) is 4.06. The molecule has 2 N–H and O–H groups in total. The summed E-state index contributed by atoms with van der Waals surface area (Å²) in [7, 11) is 1.69. The molecular formula is C9H18N2OS. The molecule has 0 spiro atoms. The molecule has 3 nitrogen and oxygen atoms in total. The average molecular weight is 202 g/mol. The first-order valence-electron chi connectivity index (χ1n) is 4.70. The van der Waals surface area contributed by atoms with Gasteiger partial charge in [-0.05, 0) is 5.92 Å². The van der Waals surface area contributed by atoms with Crippen LogP contribution in [0.15, 0.2) is 0 Å². The summed E-state index contributed by atoms with van der Waals surface area (Å²) in [6.07, 6.45) is 0. The van der Waals surface area contributed by atoms with E-state index in [1.807, 2.05) is 11.8 Å². The Morgan fingerprint density at radius 3 is 2.38 bits per heavy atom. The summed E-state index contributed by atoms with van der Waals surface area (Å²) < 4.78 is 0. The lowest BCUT2D eigenvalue weighted by Crippen LogP contribution is -2.54. The lowest BCUT2D eigenvalue weighted by atomic mass is 10.0. The first-order chi connectivity index (χ1) is 6.15. The Bertz CT molecular complexity index is 180. The number of rotatable bonds is 4. The van der Waals surface area contributed by atoms with Crippen molar-refractivity contribution in [2.45, 2.75) is 25.9 Å². The van der Waals surface area contributed by atoms with Crippen molar-refractivity contribution in [1.29, 1.82) is 0 Å². The monoisotopic (exact) mass is 202 g/mol. The van der Waals surface area contributed by atoms with Crippen LogP contribution in [0.2, 0.25) is 0 Å². The molecule has 0 aromatic carbocycles. The van der Waals surface area contributed by atoms with Gasteiger partial charge in [-0.3, -0.25) is 4.79 Å². The molecule has 76 valence electrons. The summed E-state index contributed by atoms with van der Waals surface area (Å²) >= 11 is 1.92. The van der Waals surface area contributed by atoms with Crippen molar-refractivity contribution in [3.05, 3.63) is 0 Å². The van der Waals surface area contributed by atoms with Crippen LogP contribution in [0, 0.1) is 5.92 Å². The summed E-state index contributed by atoms with van der Waals surface area (Å²) in [5.74, 6) is 2.73. The molecule has 0 bridgehead atoms. The Morgan fingerprint density at radius 1 is 1.46 bits per heavy atom. The molecule has 13 heavy (non-hydrogen) atoms. The lowest BCUT2D eigenvalue weighted by Gasteiger charge is -2.31. The lowest BCUT2D eigenvalue weighted by molar-refractivity contribution is -0.123. The van der Waals surface area contributed by atoms with E-state index >= 15 is 0 Å². The Morgan fingerprint density at radius 2 is 2.08 bits per heavy atom. The number of thioether (sulfide) groups is 1. The maximum Gasteiger partial charge on any atom is 0.237 e. The average Bonchev–Trinajstić information content (AvgIpc) is 2.00. The van der Waals surface area contributed by atoms with Gasteiger partial charge in [-0.1, -0.05) is 13.8 Å². The molecule has 1 rings (SSSR count). The van der Waals surface area contributed by atoms with Gasteiger partial charge >= 0.3 is 0 Å². The van der Waals surface area contributed by atoms with Crippen LogP contribution in [-0.2, 0) is 4.79 Å². The summed E-state index contributed by atoms with van der Waals surface area (Å²) in [5, 5.41) is 6.06. The van der Waals surface area contributed by atoms with Crippen LogP contribution in [-0.4, -0.2) is 36.5 Å². The third-order valence-electron chi connectivity index (χ3n) is 2.25. The van der Waals surface area contributed by atoms with E-state index < -0.39 is 0 Å². The SMILES string of the molecule is CNC(=O)[C@@H](NC1CSC1)C(C)C. The van der Waals surface area contributed by atoms with Crippen molar-refractivity contribution >= 4 is 17.7 Å². The van der Waals surface area contributed by atoms with Crippen LogP contribution in [0.3, 0.4) is 0 Å². The largest absolute Gasteiger partial charge is 0.358 e. The fourth-order valence-electron chi connectivity index (χ4n) is 1.31. The highest BCUT2D eigenvalue weighted by molar-refractivity contribution is 8.00. The van der Waals surface area contributed by atoms with Crippen LogP contribution >= 0.6 is 11.8 Å². The van der Waals surface area contributed by atoms with E-state index in [0.717, 1.165) is 11.5 Å². The Labute approximate surface area is 84.0 Å². The number of carbonyl (C=O) groups is 1. The highest BCUT2D eigenvalue weighted by Gasteiger charge is 2.27. The third kappa shape index (κ3) is 2.88. The molecule has 4 heteroatoms. The Balaban J connectivity index is 2.41. The zero-order valence-corrected chi connectivity index (χ0v) is 9.28. The van der Waals surface area contributed by atoms with Crippen LogP contribution in [0.25, 0.3) is 0 Å². The standard InChI is InChI=1S/C9H18N2OS/c1-6(2)8(9(12)10-3)11-7-4-13-5-7/h6-8,11H,4-5H2,1-3H3,(H,10,12)/t8-/m0/s1. The fraction of sp³-hybridized carbons (Fsp3) is 0.889. The molecular weight excluding hydrogens is 184 g/mol. The molecule has 0 saturated carbocycles. The van der Waals surface area contributed by atoms with Crippen molar-refractivity contribution in [2.24, 2.45) is 5.92 Å².